The van der Waals surface area contributed by atoms with Crippen LogP contribution in [0.3, 0.4) is 0 Å². The topological polar surface area (TPSA) is 84.5 Å². The lowest BCUT2D eigenvalue weighted by molar-refractivity contribution is -0.120. The SMILES string of the molecule is CC(C)(C)S(=O)(=O)N[C@H]1CC[C@H](C(=O)Nc2cccc(OC3CCCCC3)c2)CC1. The van der Waals surface area contributed by atoms with E-state index in [9.17, 15) is 13.2 Å². The van der Waals surface area contributed by atoms with E-state index in [-0.39, 0.29) is 24.0 Å². The second-order valence-electron chi connectivity index (χ2n) is 9.68. The fraction of sp³-hybridized carbons (Fsp3) is 0.696. The van der Waals surface area contributed by atoms with Gasteiger partial charge in [-0.15, -0.1) is 0 Å². The molecule has 1 aromatic carbocycles. The molecule has 1 amide bonds. The molecule has 30 heavy (non-hydrogen) atoms. The van der Waals surface area contributed by atoms with Crippen LogP contribution in [0.25, 0.3) is 0 Å². The van der Waals surface area contributed by atoms with Crippen molar-refractivity contribution in [1.82, 2.24) is 4.72 Å². The molecule has 2 saturated carbocycles. The molecule has 0 aromatic heterocycles. The van der Waals surface area contributed by atoms with E-state index in [1.807, 2.05) is 24.3 Å². The van der Waals surface area contributed by atoms with Crippen LogP contribution < -0.4 is 14.8 Å². The van der Waals surface area contributed by atoms with Gasteiger partial charge in [0.1, 0.15) is 5.75 Å². The molecule has 7 heteroatoms. The van der Waals surface area contributed by atoms with Gasteiger partial charge < -0.3 is 10.1 Å². The van der Waals surface area contributed by atoms with E-state index in [1.165, 1.54) is 19.3 Å². The normalized spacial score (nSPS) is 23.7. The van der Waals surface area contributed by atoms with Gasteiger partial charge in [-0.3, -0.25) is 4.79 Å². The zero-order chi connectivity index (χ0) is 21.8. The first-order valence-corrected chi connectivity index (χ1v) is 12.7. The molecule has 0 radical (unpaired) electrons. The van der Waals surface area contributed by atoms with Crippen LogP contribution in [0.5, 0.6) is 5.75 Å². The van der Waals surface area contributed by atoms with Crippen LogP contribution >= 0.6 is 0 Å². The Morgan fingerprint density at radius 3 is 2.30 bits per heavy atom. The summed E-state index contributed by atoms with van der Waals surface area (Å²) in [6.45, 7) is 5.08. The van der Waals surface area contributed by atoms with Crippen molar-refractivity contribution in [3.8, 4) is 5.75 Å². The minimum absolute atomic E-state index is 0.00180. The smallest absolute Gasteiger partial charge is 0.227 e. The van der Waals surface area contributed by atoms with Crippen molar-refractivity contribution >= 4 is 21.6 Å². The van der Waals surface area contributed by atoms with E-state index in [2.05, 4.69) is 10.0 Å². The minimum atomic E-state index is -3.37. The lowest BCUT2D eigenvalue weighted by Gasteiger charge is -2.30. The fourth-order valence-corrected chi connectivity index (χ4v) is 5.16. The third kappa shape index (κ3) is 6.20. The molecule has 2 N–H and O–H groups in total. The van der Waals surface area contributed by atoms with Gasteiger partial charge in [0.2, 0.25) is 15.9 Å². The number of hydrogen-bond acceptors (Lipinski definition) is 4. The summed E-state index contributed by atoms with van der Waals surface area (Å²) in [6, 6.07) is 7.54. The molecule has 2 aliphatic carbocycles. The fourth-order valence-electron chi connectivity index (χ4n) is 4.14. The second kappa shape index (κ2) is 9.69. The Hall–Kier alpha value is -1.60. The molecule has 0 spiro atoms. The van der Waals surface area contributed by atoms with Gasteiger partial charge in [-0.1, -0.05) is 12.5 Å². The van der Waals surface area contributed by atoms with Crippen molar-refractivity contribution in [3.05, 3.63) is 24.3 Å². The van der Waals surface area contributed by atoms with Crippen molar-refractivity contribution in [2.75, 3.05) is 5.32 Å². The summed E-state index contributed by atoms with van der Waals surface area (Å²) < 4.78 is 32.8. The molecular formula is C23H36N2O4S. The predicted octanol–water partition coefficient (Wildman–Crippen LogP) is 4.61. The molecule has 0 heterocycles. The highest BCUT2D eigenvalue weighted by atomic mass is 32.2. The average Bonchev–Trinajstić information content (AvgIpc) is 2.68. The minimum Gasteiger partial charge on any atom is -0.490 e. The Morgan fingerprint density at radius 1 is 1.00 bits per heavy atom. The molecule has 2 aliphatic rings. The zero-order valence-corrected chi connectivity index (χ0v) is 19.3. The number of benzene rings is 1. The van der Waals surface area contributed by atoms with Crippen LogP contribution in [0.2, 0.25) is 0 Å². The van der Waals surface area contributed by atoms with E-state index in [1.54, 1.807) is 20.8 Å². The van der Waals surface area contributed by atoms with Gasteiger partial charge in [0.25, 0.3) is 0 Å². The summed E-state index contributed by atoms with van der Waals surface area (Å²) in [7, 11) is -3.37. The summed E-state index contributed by atoms with van der Waals surface area (Å²) in [5.41, 5.74) is 0.754. The quantitative estimate of drug-likeness (QED) is 0.682. The molecule has 2 fully saturated rings. The summed E-state index contributed by atoms with van der Waals surface area (Å²) >= 11 is 0. The van der Waals surface area contributed by atoms with Crippen molar-refractivity contribution in [1.29, 1.82) is 0 Å². The lowest BCUT2D eigenvalue weighted by atomic mass is 9.86. The van der Waals surface area contributed by atoms with Gasteiger partial charge in [0.15, 0.2) is 0 Å². The number of carbonyl (C=O) groups is 1. The summed E-state index contributed by atoms with van der Waals surface area (Å²) in [4.78, 5) is 12.7. The molecule has 0 unspecified atom stereocenters. The number of sulfonamides is 1. The Labute approximate surface area is 181 Å². The van der Waals surface area contributed by atoms with E-state index in [0.717, 1.165) is 24.3 Å². The van der Waals surface area contributed by atoms with Gasteiger partial charge in [-0.25, -0.2) is 13.1 Å². The van der Waals surface area contributed by atoms with E-state index >= 15 is 0 Å². The largest absolute Gasteiger partial charge is 0.490 e. The Balaban J connectivity index is 1.49. The maximum absolute atomic E-state index is 12.7. The van der Waals surface area contributed by atoms with E-state index in [4.69, 9.17) is 4.74 Å². The summed E-state index contributed by atoms with van der Waals surface area (Å²) in [5, 5.41) is 3.02. The molecule has 168 valence electrons. The summed E-state index contributed by atoms with van der Waals surface area (Å²) in [5.74, 6) is 0.713. The first-order valence-electron chi connectivity index (χ1n) is 11.2. The lowest BCUT2D eigenvalue weighted by Crippen LogP contribution is -2.46. The first kappa shape index (κ1) is 23.1. The van der Waals surface area contributed by atoms with Gasteiger partial charge >= 0.3 is 0 Å². The third-order valence-corrected chi connectivity index (χ3v) is 8.44. The maximum Gasteiger partial charge on any atom is 0.227 e. The highest BCUT2D eigenvalue weighted by Crippen LogP contribution is 2.29. The number of rotatable bonds is 6. The van der Waals surface area contributed by atoms with E-state index < -0.39 is 14.8 Å². The van der Waals surface area contributed by atoms with Crippen molar-refractivity contribution in [3.63, 3.8) is 0 Å². The third-order valence-electron chi connectivity index (χ3n) is 6.18. The molecule has 1 aromatic rings. The van der Waals surface area contributed by atoms with E-state index in [0.29, 0.717) is 25.7 Å². The summed E-state index contributed by atoms with van der Waals surface area (Å²) in [6.07, 6.45) is 8.91. The number of anilines is 1. The van der Waals surface area contributed by atoms with Gasteiger partial charge in [0.05, 0.1) is 10.9 Å². The van der Waals surface area contributed by atoms with Crippen molar-refractivity contribution in [2.45, 2.75) is 95.5 Å². The Bertz CT molecular complexity index is 818. The van der Waals surface area contributed by atoms with Crippen molar-refractivity contribution in [2.24, 2.45) is 5.92 Å². The molecule has 0 bridgehead atoms. The van der Waals surface area contributed by atoms with Crippen LogP contribution in [-0.4, -0.2) is 31.2 Å². The molecule has 0 aliphatic heterocycles. The van der Waals surface area contributed by atoms with Crippen LogP contribution in [0.4, 0.5) is 5.69 Å². The van der Waals surface area contributed by atoms with Crippen LogP contribution in [0.1, 0.15) is 78.6 Å². The Kier molecular flexibility index (Phi) is 7.45. The first-order chi connectivity index (χ1) is 14.1. The monoisotopic (exact) mass is 436 g/mol. The second-order valence-corrected chi connectivity index (χ2v) is 12.1. The van der Waals surface area contributed by atoms with Crippen LogP contribution in [0, 0.1) is 5.92 Å². The maximum atomic E-state index is 12.7. The van der Waals surface area contributed by atoms with Gasteiger partial charge in [-0.2, -0.15) is 0 Å². The van der Waals surface area contributed by atoms with Crippen LogP contribution in [0.15, 0.2) is 24.3 Å². The standard InChI is InChI=1S/C23H36N2O4S/c1-23(2,3)30(27,28)25-18-14-12-17(13-15-18)22(26)24-19-8-7-11-21(16-19)29-20-9-5-4-6-10-20/h7-8,11,16-18,20,25H,4-6,9-10,12-15H2,1-3H3,(H,24,26)/t17-,18-. The zero-order valence-electron chi connectivity index (χ0n) is 18.4. The Morgan fingerprint density at radius 2 is 1.67 bits per heavy atom. The molecule has 3 rings (SSSR count). The highest BCUT2D eigenvalue weighted by Gasteiger charge is 2.34. The number of amides is 1. The number of nitrogens with one attached hydrogen (secondary N) is 2. The molecule has 0 saturated heterocycles. The number of hydrogen-bond donors (Lipinski definition) is 2. The predicted molar refractivity (Wildman–Crippen MR) is 120 cm³/mol. The number of ether oxygens (including phenoxy) is 1. The number of carbonyl (C=O) groups excluding carboxylic acids is 1. The highest BCUT2D eigenvalue weighted by molar-refractivity contribution is 7.90. The van der Waals surface area contributed by atoms with Gasteiger partial charge in [0, 0.05) is 23.7 Å². The molecular weight excluding hydrogens is 400 g/mol. The average molecular weight is 437 g/mol. The molecule has 0 atom stereocenters. The van der Waals surface area contributed by atoms with Crippen molar-refractivity contribution < 1.29 is 17.9 Å². The van der Waals surface area contributed by atoms with Crippen LogP contribution in [-0.2, 0) is 14.8 Å². The van der Waals surface area contributed by atoms with Gasteiger partial charge in [-0.05, 0) is 84.3 Å². The molecule has 6 nitrogen and oxygen atoms in total.